The lowest BCUT2D eigenvalue weighted by Gasteiger charge is -2.24. The Morgan fingerprint density at radius 2 is 2.00 bits per heavy atom. The minimum Gasteiger partial charge on any atom is -0.479 e. The summed E-state index contributed by atoms with van der Waals surface area (Å²) in [5, 5.41) is 5.55. The van der Waals surface area contributed by atoms with Gasteiger partial charge in [0.15, 0.2) is 12.2 Å². The van der Waals surface area contributed by atoms with E-state index in [1.54, 1.807) is 25.1 Å². The van der Waals surface area contributed by atoms with Crippen LogP contribution in [0.25, 0.3) is 0 Å². The fraction of sp³-hybridized carbons (Fsp3) is 0.222. The average molecular weight is 326 g/mol. The molecule has 0 bridgehead atoms. The van der Waals surface area contributed by atoms with Crippen molar-refractivity contribution in [2.45, 2.75) is 19.1 Å². The van der Waals surface area contributed by atoms with Crippen molar-refractivity contribution >= 4 is 23.2 Å². The number of methoxy groups -OCH3 is 1. The highest BCUT2D eigenvalue weighted by Gasteiger charge is 2.24. The van der Waals surface area contributed by atoms with Gasteiger partial charge < -0.3 is 20.1 Å². The van der Waals surface area contributed by atoms with Gasteiger partial charge in [-0.2, -0.15) is 0 Å². The van der Waals surface area contributed by atoms with Crippen LogP contribution in [-0.2, 0) is 14.3 Å². The summed E-state index contributed by atoms with van der Waals surface area (Å²) < 4.78 is 10.8. The molecule has 0 spiro atoms. The molecule has 1 aliphatic rings. The van der Waals surface area contributed by atoms with E-state index in [9.17, 15) is 9.59 Å². The van der Waals surface area contributed by atoms with Crippen molar-refractivity contribution < 1.29 is 19.1 Å². The Morgan fingerprint density at radius 3 is 2.71 bits per heavy atom. The highest BCUT2D eigenvalue weighted by atomic mass is 16.5. The molecule has 124 valence electrons. The number of ether oxygens (including phenoxy) is 2. The van der Waals surface area contributed by atoms with Crippen molar-refractivity contribution in [2.24, 2.45) is 0 Å². The maximum atomic E-state index is 12.5. The molecule has 0 saturated heterocycles. The molecule has 0 radical (unpaired) electrons. The van der Waals surface area contributed by atoms with E-state index in [1.807, 2.05) is 30.3 Å². The molecule has 3 rings (SSSR count). The maximum absolute atomic E-state index is 12.5. The maximum Gasteiger partial charge on any atom is 0.265 e. The summed E-state index contributed by atoms with van der Waals surface area (Å²) in [5.74, 6) is 0.0663. The summed E-state index contributed by atoms with van der Waals surface area (Å²) in [7, 11) is 1.49. The fourth-order valence-corrected chi connectivity index (χ4v) is 2.52. The second-order valence-corrected chi connectivity index (χ2v) is 5.48. The molecular formula is C18H18N2O4. The van der Waals surface area contributed by atoms with Crippen molar-refractivity contribution in [3.05, 3.63) is 54.1 Å². The lowest BCUT2D eigenvalue weighted by Crippen LogP contribution is -2.34. The normalized spacial score (nSPS) is 17.2. The molecule has 2 N–H and O–H groups in total. The Hall–Kier alpha value is -2.86. The number of amides is 2. The van der Waals surface area contributed by atoms with E-state index in [4.69, 9.17) is 9.47 Å². The average Bonchev–Trinajstić information content (AvgIpc) is 2.58. The summed E-state index contributed by atoms with van der Waals surface area (Å²) in [6.45, 7) is 1.68. The molecule has 24 heavy (non-hydrogen) atoms. The molecule has 2 aromatic rings. The topological polar surface area (TPSA) is 76.7 Å². The predicted octanol–water partition coefficient (Wildman–Crippen LogP) is 2.73. The third kappa shape index (κ3) is 3.23. The van der Waals surface area contributed by atoms with E-state index >= 15 is 0 Å². The number of hydrogen-bond donors (Lipinski definition) is 2. The lowest BCUT2D eigenvalue weighted by molar-refractivity contribution is -0.126. The van der Waals surface area contributed by atoms with Crippen molar-refractivity contribution in [1.82, 2.24) is 0 Å². The van der Waals surface area contributed by atoms with Gasteiger partial charge in [0, 0.05) is 12.8 Å². The van der Waals surface area contributed by atoms with Crippen LogP contribution in [0.3, 0.4) is 0 Å². The largest absolute Gasteiger partial charge is 0.479 e. The van der Waals surface area contributed by atoms with Crippen LogP contribution in [0.2, 0.25) is 0 Å². The number of carbonyl (C=O) groups excluding carboxylic acids is 2. The molecule has 2 atom stereocenters. The van der Waals surface area contributed by atoms with E-state index in [0.717, 1.165) is 5.56 Å². The molecule has 1 aliphatic heterocycles. The first-order valence-corrected chi connectivity index (χ1v) is 7.58. The zero-order chi connectivity index (χ0) is 17.1. The summed E-state index contributed by atoms with van der Waals surface area (Å²) >= 11 is 0. The standard InChI is InChI=1S/C18H18N2O4/c1-11-17(21)20-14-10-13(8-9-15(14)24-11)19-18(22)16(23-2)12-6-4-3-5-7-12/h3-11,16H,1-2H3,(H,19,22)(H,20,21)/t11-,16+/m1/s1. The summed E-state index contributed by atoms with van der Waals surface area (Å²) in [4.78, 5) is 24.2. The van der Waals surface area contributed by atoms with Crippen LogP contribution in [0.1, 0.15) is 18.6 Å². The highest BCUT2D eigenvalue weighted by molar-refractivity contribution is 6.00. The molecule has 0 saturated carbocycles. The van der Waals surface area contributed by atoms with Gasteiger partial charge in [0.05, 0.1) is 5.69 Å². The number of anilines is 2. The molecule has 6 heteroatoms. The zero-order valence-corrected chi connectivity index (χ0v) is 13.4. The minimum absolute atomic E-state index is 0.218. The highest BCUT2D eigenvalue weighted by Crippen LogP contribution is 2.32. The second kappa shape index (κ2) is 6.72. The first-order valence-electron chi connectivity index (χ1n) is 7.58. The smallest absolute Gasteiger partial charge is 0.265 e. The molecule has 0 aromatic heterocycles. The molecular weight excluding hydrogens is 308 g/mol. The van der Waals surface area contributed by atoms with Gasteiger partial charge in [0.25, 0.3) is 11.8 Å². The Bertz CT molecular complexity index is 761. The van der Waals surface area contributed by atoms with Gasteiger partial charge in [-0.05, 0) is 30.7 Å². The number of benzene rings is 2. The van der Waals surface area contributed by atoms with Gasteiger partial charge >= 0.3 is 0 Å². The number of fused-ring (bicyclic) bond motifs is 1. The Balaban J connectivity index is 1.77. The Labute approximate surface area is 139 Å². The van der Waals surface area contributed by atoms with Gasteiger partial charge in [0.1, 0.15) is 5.75 Å². The van der Waals surface area contributed by atoms with Gasteiger partial charge in [-0.3, -0.25) is 9.59 Å². The first-order chi connectivity index (χ1) is 11.6. The van der Waals surface area contributed by atoms with Crippen molar-refractivity contribution in [3.63, 3.8) is 0 Å². The quantitative estimate of drug-likeness (QED) is 0.906. The molecule has 2 amide bonds. The van der Waals surface area contributed by atoms with E-state index in [-0.39, 0.29) is 11.8 Å². The van der Waals surface area contributed by atoms with Gasteiger partial charge in [-0.25, -0.2) is 0 Å². The summed E-state index contributed by atoms with van der Waals surface area (Å²) in [5.41, 5.74) is 1.85. The van der Waals surface area contributed by atoms with Crippen LogP contribution in [0.5, 0.6) is 5.75 Å². The van der Waals surface area contributed by atoms with Crippen LogP contribution < -0.4 is 15.4 Å². The van der Waals surface area contributed by atoms with E-state index in [2.05, 4.69) is 10.6 Å². The molecule has 0 fully saturated rings. The monoisotopic (exact) mass is 326 g/mol. The molecule has 0 aliphatic carbocycles. The molecule has 0 unspecified atom stereocenters. The van der Waals surface area contributed by atoms with E-state index in [0.29, 0.717) is 17.1 Å². The van der Waals surface area contributed by atoms with Gasteiger partial charge in [-0.15, -0.1) is 0 Å². The van der Waals surface area contributed by atoms with Gasteiger partial charge in [0.2, 0.25) is 0 Å². The van der Waals surface area contributed by atoms with Crippen LogP contribution in [-0.4, -0.2) is 25.0 Å². The van der Waals surface area contributed by atoms with E-state index < -0.39 is 12.2 Å². The van der Waals surface area contributed by atoms with Gasteiger partial charge in [-0.1, -0.05) is 30.3 Å². The number of hydrogen-bond acceptors (Lipinski definition) is 4. The van der Waals surface area contributed by atoms with Crippen molar-refractivity contribution in [1.29, 1.82) is 0 Å². The second-order valence-electron chi connectivity index (χ2n) is 5.48. The molecule has 2 aromatic carbocycles. The lowest BCUT2D eigenvalue weighted by atomic mass is 10.1. The molecule has 1 heterocycles. The fourth-order valence-electron chi connectivity index (χ4n) is 2.52. The van der Waals surface area contributed by atoms with Crippen LogP contribution >= 0.6 is 0 Å². The number of carbonyl (C=O) groups is 2. The summed E-state index contributed by atoms with van der Waals surface area (Å²) in [6, 6.07) is 14.3. The molecule has 6 nitrogen and oxygen atoms in total. The predicted molar refractivity (Wildman–Crippen MR) is 90.0 cm³/mol. The number of nitrogens with one attached hydrogen (secondary N) is 2. The Kier molecular flexibility index (Phi) is 4.48. The third-order valence-electron chi connectivity index (χ3n) is 3.75. The van der Waals surface area contributed by atoms with Crippen LogP contribution in [0, 0.1) is 0 Å². The SMILES string of the molecule is CO[C@H](C(=O)Nc1ccc2c(c1)NC(=O)[C@@H](C)O2)c1ccccc1. The van der Waals surface area contributed by atoms with Crippen LogP contribution in [0.4, 0.5) is 11.4 Å². The zero-order valence-electron chi connectivity index (χ0n) is 13.4. The van der Waals surface area contributed by atoms with Crippen molar-refractivity contribution in [3.8, 4) is 5.75 Å². The van der Waals surface area contributed by atoms with Crippen molar-refractivity contribution in [2.75, 3.05) is 17.7 Å². The number of rotatable bonds is 4. The Morgan fingerprint density at radius 1 is 1.25 bits per heavy atom. The van der Waals surface area contributed by atoms with Crippen LogP contribution in [0.15, 0.2) is 48.5 Å². The van der Waals surface area contributed by atoms with E-state index in [1.165, 1.54) is 7.11 Å². The minimum atomic E-state index is -0.715. The third-order valence-corrected chi connectivity index (χ3v) is 3.75. The summed E-state index contributed by atoms with van der Waals surface area (Å²) in [6.07, 6.45) is -1.25. The first kappa shape index (κ1) is 16.0.